The van der Waals surface area contributed by atoms with Gasteiger partial charge in [0.2, 0.25) is 0 Å². The van der Waals surface area contributed by atoms with E-state index in [1.165, 1.54) is 13.0 Å². The van der Waals surface area contributed by atoms with Crippen molar-refractivity contribution in [2.24, 2.45) is 5.73 Å². The number of rotatable bonds is 6. The Morgan fingerprint density at radius 3 is 2.56 bits per heavy atom. The smallest absolute Gasteiger partial charge is 0.272 e. The Morgan fingerprint density at radius 2 is 2.00 bits per heavy atom. The minimum Gasteiger partial charge on any atom is -0.329 e. The highest BCUT2D eigenvalue weighted by Gasteiger charge is 2.21. The summed E-state index contributed by atoms with van der Waals surface area (Å²) < 4.78 is 23.5. The summed E-state index contributed by atoms with van der Waals surface area (Å²) in [6.07, 6.45) is 0.129. The summed E-state index contributed by atoms with van der Waals surface area (Å²) in [4.78, 5) is 10.3. The number of hydrogen-bond acceptors (Lipinski definition) is 5. The molecule has 1 rings (SSSR count). The molecular formula is C11H16N2O4S. The summed E-state index contributed by atoms with van der Waals surface area (Å²) >= 11 is 0. The minimum absolute atomic E-state index is 0.0481. The Morgan fingerprint density at radius 1 is 1.39 bits per heavy atom. The molecule has 0 saturated carbocycles. The number of nitrogens with two attached hydrogens (primary N) is 1. The van der Waals surface area contributed by atoms with E-state index in [1.54, 1.807) is 18.2 Å². The van der Waals surface area contributed by atoms with Crippen LogP contribution in [0, 0.1) is 10.1 Å². The van der Waals surface area contributed by atoms with Gasteiger partial charge in [-0.15, -0.1) is 0 Å². The van der Waals surface area contributed by atoms with Gasteiger partial charge < -0.3 is 5.73 Å². The fourth-order valence-electron chi connectivity index (χ4n) is 1.50. The number of para-hydroxylation sites is 1. The average Bonchev–Trinajstić information content (AvgIpc) is 2.35. The zero-order chi connectivity index (χ0) is 13.8. The summed E-state index contributed by atoms with van der Waals surface area (Å²) in [6.45, 7) is 1.59. The maximum atomic E-state index is 11.8. The molecule has 7 heteroatoms. The predicted octanol–water partition coefficient (Wildman–Crippen LogP) is 0.899. The molecule has 0 fully saturated rings. The molecule has 0 bridgehead atoms. The van der Waals surface area contributed by atoms with Crippen LogP contribution in [-0.4, -0.2) is 30.9 Å². The quantitative estimate of drug-likeness (QED) is 0.612. The van der Waals surface area contributed by atoms with Crippen molar-refractivity contribution in [3.8, 4) is 0 Å². The van der Waals surface area contributed by atoms with Gasteiger partial charge >= 0.3 is 0 Å². The molecule has 1 aromatic carbocycles. The van der Waals surface area contributed by atoms with Crippen LogP contribution in [0.1, 0.15) is 12.5 Å². The Labute approximate surface area is 106 Å². The van der Waals surface area contributed by atoms with Gasteiger partial charge in [0.05, 0.1) is 15.9 Å². The summed E-state index contributed by atoms with van der Waals surface area (Å²) in [5.74, 6) is -0.129. The van der Waals surface area contributed by atoms with E-state index in [0.29, 0.717) is 5.56 Å². The third-order valence-corrected chi connectivity index (χ3v) is 4.98. The first-order valence-corrected chi connectivity index (χ1v) is 7.24. The summed E-state index contributed by atoms with van der Waals surface area (Å²) in [5.41, 5.74) is 5.70. The van der Waals surface area contributed by atoms with Gasteiger partial charge in [-0.1, -0.05) is 18.2 Å². The highest BCUT2D eigenvalue weighted by molar-refractivity contribution is 7.92. The Balaban J connectivity index is 2.85. The molecule has 0 aliphatic heterocycles. The van der Waals surface area contributed by atoms with Crippen molar-refractivity contribution in [2.75, 3.05) is 12.3 Å². The summed E-state index contributed by atoms with van der Waals surface area (Å²) in [7, 11) is -3.30. The summed E-state index contributed by atoms with van der Waals surface area (Å²) in [6, 6.07) is 6.15. The molecule has 0 aromatic heterocycles. The second-order valence-corrected chi connectivity index (χ2v) is 6.59. The van der Waals surface area contributed by atoms with E-state index < -0.39 is 20.0 Å². The van der Waals surface area contributed by atoms with Crippen molar-refractivity contribution < 1.29 is 13.3 Å². The van der Waals surface area contributed by atoms with Gasteiger partial charge in [0.15, 0.2) is 9.84 Å². The van der Waals surface area contributed by atoms with Crippen molar-refractivity contribution >= 4 is 15.5 Å². The average molecular weight is 272 g/mol. The van der Waals surface area contributed by atoms with Crippen LogP contribution in [0.2, 0.25) is 0 Å². The van der Waals surface area contributed by atoms with Crippen LogP contribution >= 0.6 is 0 Å². The second-order valence-electron chi connectivity index (χ2n) is 4.05. The summed E-state index contributed by atoms with van der Waals surface area (Å²) in [5, 5.41) is 10.1. The number of aryl methyl sites for hydroxylation is 1. The first-order valence-electron chi connectivity index (χ1n) is 5.52. The Bertz CT molecular complexity index is 528. The molecule has 0 saturated heterocycles. The lowest BCUT2D eigenvalue weighted by Crippen LogP contribution is -2.29. The van der Waals surface area contributed by atoms with Gasteiger partial charge in [-0.2, -0.15) is 0 Å². The highest BCUT2D eigenvalue weighted by Crippen LogP contribution is 2.19. The van der Waals surface area contributed by atoms with Crippen molar-refractivity contribution in [3.63, 3.8) is 0 Å². The van der Waals surface area contributed by atoms with Crippen LogP contribution in [0.4, 0.5) is 5.69 Å². The maximum Gasteiger partial charge on any atom is 0.272 e. The van der Waals surface area contributed by atoms with Crippen molar-refractivity contribution in [3.05, 3.63) is 39.9 Å². The third kappa shape index (κ3) is 3.51. The molecule has 18 heavy (non-hydrogen) atoms. The molecule has 1 aromatic rings. The second kappa shape index (κ2) is 5.92. The SMILES string of the molecule is CC(CN)S(=O)(=O)CCc1ccccc1[N+](=O)[O-]. The van der Waals surface area contributed by atoms with Crippen LogP contribution in [0.5, 0.6) is 0 Å². The molecule has 100 valence electrons. The number of nitro groups is 1. The molecule has 1 unspecified atom stereocenters. The number of nitrogens with zero attached hydrogens (tertiary/aromatic N) is 1. The van der Waals surface area contributed by atoms with Gasteiger partial charge in [0.25, 0.3) is 5.69 Å². The molecular weight excluding hydrogens is 256 g/mol. The van der Waals surface area contributed by atoms with E-state index in [2.05, 4.69) is 0 Å². The van der Waals surface area contributed by atoms with Gasteiger partial charge in [0.1, 0.15) is 0 Å². The minimum atomic E-state index is -3.30. The van der Waals surface area contributed by atoms with Crippen LogP contribution in [0.25, 0.3) is 0 Å². The van der Waals surface area contributed by atoms with Gasteiger partial charge in [-0.05, 0) is 13.3 Å². The van der Waals surface area contributed by atoms with E-state index in [1.807, 2.05) is 0 Å². The van der Waals surface area contributed by atoms with Crippen molar-refractivity contribution in [1.82, 2.24) is 0 Å². The molecule has 0 aliphatic carbocycles. The standard InChI is InChI=1S/C11H16N2O4S/c1-9(8-12)18(16,17)7-6-10-4-2-3-5-11(10)13(14)15/h2-5,9H,6-8,12H2,1H3. The van der Waals surface area contributed by atoms with Crippen LogP contribution in [0.3, 0.4) is 0 Å². The fraction of sp³-hybridized carbons (Fsp3) is 0.455. The first kappa shape index (κ1) is 14.6. The number of sulfone groups is 1. The lowest BCUT2D eigenvalue weighted by Gasteiger charge is -2.10. The van der Waals surface area contributed by atoms with E-state index >= 15 is 0 Å². The normalized spacial score (nSPS) is 13.2. The zero-order valence-electron chi connectivity index (χ0n) is 10.1. The molecule has 1 atom stereocenters. The van der Waals surface area contributed by atoms with Crippen molar-refractivity contribution in [1.29, 1.82) is 0 Å². The fourth-order valence-corrected chi connectivity index (χ4v) is 2.70. The zero-order valence-corrected chi connectivity index (χ0v) is 10.9. The van der Waals surface area contributed by atoms with E-state index in [-0.39, 0.29) is 24.4 Å². The van der Waals surface area contributed by atoms with Crippen molar-refractivity contribution in [2.45, 2.75) is 18.6 Å². The predicted molar refractivity (Wildman–Crippen MR) is 69.1 cm³/mol. The van der Waals surface area contributed by atoms with Gasteiger partial charge in [-0.3, -0.25) is 10.1 Å². The molecule has 6 nitrogen and oxygen atoms in total. The molecule has 0 spiro atoms. The Kier molecular flexibility index (Phi) is 4.80. The number of benzene rings is 1. The molecule has 0 heterocycles. The highest BCUT2D eigenvalue weighted by atomic mass is 32.2. The Hall–Kier alpha value is -1.47. The van der Waals surface area contributed by atoms with Gasteiger partial charge in [0, 0.05) is 18.2 Å². The van der Waals surface area contributed by atoms with Crippen LogP contribution in [-0.2, 0) is 16.3 Å². The molecule has 0 aliphatic rings. The lowest BCUT2D eigenvalue weighted by molar-refractivity contribution is -0.385. The first-order chi connectivity index (χ1) is 8.38. The van der Waals surface area contributed by atoms with E-state index in [4.69, 9.17) is 5.73 Å². The van der Waals surface area contributed by atoms with Crippen LogP contribution in [0.15, 0.2) is 24.3 Å². The number of hydrogen-bond donors (Lipinski definition) is 1. The van der Waals surface area contributed by atoms with Crippen LogP contribution < -0.4 is 5.73 Å². The monoisotopic (exact) mass is 272 g/mol. The largest absolute Gasteiger partial charge is 0.329 e. The molecule has 2 N–H and O–H groups in total. The number of nitro benzene ring substituents is 1. The maximum absolute atomic E-state index is 11.8. The topological polar surface area (TPSA) is 103 Å². The lowest BCUT2D eigenvalue weighted by atomic mass is 10.1. The molecule has 0 amide bonds. The third-order valence-electron chi connectivity index (χ3n) is 2.79. The van der Waals surface area contributed by atoms with E-state index in [0.717, 1.165) is 0 Å². The van der Waals surface area contributed by atoms with Gasteiger partial charge in [-0.25, -0.2) is 8.42 Å². The van der Waals surface area contributed by atoms with E-state index in [9.17, 15) is 18.5 Å². The molecule has 0 radical (unpaired) electrons.